The van der Waals surface area contributed by atoms with Crippen LogP contribution in [0.5, 0.6) is 0 Å². The lowest BCUT2D eigenvalue weighted by atomic mass is 9.79. The second kappa shape index (κ2) is 6.07. The maximum absolute atomic E-state index is 4.97. The first-order chi connectivity index (χ1) is 12.7. The Morgan fingerprint density at radius 2 is 2.00 bits per heavy atom. The van der Waals surface area contributed by atoms with Gasteiger partial charge in [0, 0.05) is 30.5 Å². The van der Waals surface area contributed by atoms with Crippen molar-refractivity contribution in [3.05, 3.63) is 52.5 Å². The van der Waals surface area contributed by atoms with E-state index in [9.17, 15) is 0 Å². The molecule has 0 bridgehead atoms. The Bertz CT molecular complexity index is 839. The average Bonchev–Trinajstić information content (AvgIpc) is 3.28. The molecule has 1 saturated carbocycles. The van der Waals surface area contributed by atoms with Crippen LogP contribution in [0.2, 0.25) is 0 Å². The molecule has 3 aliphatic rings. The number of aryl methyl sites for hydroxylation is 2. The van der Waals surface area contributed by atoms with Crippen molar-refractivity contribution in [2.24, 2.45) is 5.92 Å². The standard InChI is InChI=1S/C23H29N3/c1-3-12-26(15-17-8-9-17)22-19-13-23(14-21(19)24-16(2)25-22)11-10-18-6-4-5-7-20(18)23/h4-7,17H,3,8-15H2,1-2H3. The third-order valence-electron chi connectivity index (χ3n) is 6.63. The van der Waals surface area contributed by atoms with Gasteiger partial charge in [-0.2, -0.15) is 0 Å². The fourth-order valence-corrected chi connectivity index (χ4v) is 5.25. The molecule has 0 N–H and O–H groups in total. The molecule has 1 atom stereocenters. The summed E-state index contributed by atoms with van der Waals surface area (Å²) in [6.45, 7) is 6.64. The van der Waals surface area contributed by atoms with E-state index in [1.54, 1.807) is 11.1 Å². The molecule has 26 heavy (non-hydrogen) atoms. The number of fused-ring (bicyclic) bond motifs is 3. The molecular formula is C23H29N3. The van der Waals surface area contributed by atoms with E-state index < -0.39 is 0 Å². The molecule has 2 aromatic rings. The molecule has 0 radical (unpaired) electrons. The van der Waals surface area contributed by atoms with Crippen LogP contribution in [0.1, 0.15) is 60.8 Å². The fourth-order valence-electron chi connectivity index (χ4n) is 5.25. The van der Waals surface area contributed by atoms with Crippen LogP contribution in [0.25, 0.3) is 0 Å². The van der Waals surface area contributed by atoms with E-state index in [0.29, 0.717) is 0 Å². The number of hydrogen-bond donors (Lipinski definition) is 0. The molecule has 0 amide bonds. The quantitative estimate of drug-likeness (QED) is 0.803. The molecule has 5 rings (SSSR count). The average molecular weight is 348 g/mol. The Balaban J connectivity index is 1.54. The highest BCUT2D eigenvalue weighted by atomic mass is 15.2. The van der Waals surface area contributed by atoms with Crippen LogP contribution in [-0.2, 0) is 24.7 Å². The Hall–Kier alpha value is -1.90. The van der Waals surface area contributed by atoms with E-state index in [4.69, 9.17) is 9.97 Å². The summed E-state index contributed by atoms with van der Waals surface area (Å²) in [4.78, 5) is 12.5. The van der Waals surface area contributed by atoms with Gasteiger partial charge in [-0.3, -0.25) is 0 Å². The summed E-state index contributed by atoms with van der Waals surface area (Å²) in [6, 6.07) is 9.08. The zero-order chi connectivity index (χ0) is 17.7. The van der Waals surface area contributed by atoms with Gasteiger partial charge in [-0.25, -0.2) is 9.97 Å². The van der Waals surface area contributed by atoms with Crippen molar-refractivity contribution in [2.45, 2.75) is 64.2 Å². The van der Waals surface area contributed by atoms with Crippen molar-refractivity contribution >= 4 is 5.82 Å². The zero-order valence-corrected chi connectivity index (χ0v) is 16.1. The monoisotopic (exact) mass is 347 g/mol. The number of aromatic nitrogens is 2. The first-order valence-corrected chi connectivity index (χ1v) is 10.4. The van der Waals surface area contributed by atoms with Gasteiger partial charge < -0.3 is 4.90 Å². The summed E-state index contributed by atoms with van der Waals surface area (Å²) in [5.41, 5.74) is 6.16. The van der Waals surface area contributed by atoms with Crippen LogP contribution in [0.15, 0.2) is 24.3 Å². The molecule has 3 heteroatoms. The second-order valence-corrected chi connectivity index (χ2v) is 8.70. The van der Waals surface area contributed by atoms with Crippen molar-refractivity contribution in [1.82, 2.24) is 9.97 Å². The molecular weight excluding hydrogens is 318 g/mol. The third kappa shape index (κ3) is 2.64. The molecule has 1 aromatic heterocycles. The van der Waals surface area contributed by atoms with Gasteiger partial charge in [0.25, 0.3) is 0 Å². The van der Waals surface area contributed by atoms with Crippen molar-refractivity contribution < 1.29 is 0 Å². The minimum Gasteiger partial charge on any atom is -0.356 e. The van der Waals surface area contributed by atoms with Crippen LogP contribution in [0.4, 0.5) is 5.82 Å². The van der Waals surface area contributed by atoms with E-state index in [0.717, 1.165) is 31.1 Å². The second-order valence-electron chi connectivity index (χ2n) is 8.70. The summed E-state index contributed by atoms with van der Waals surface area (Å²) in [6.07, 6.45) is 8.66. The largest absolute Gasteiger partial charge is 0.356 e. The van der Waals surface area contributed by atoms with Crippen LogP contribution < -0.4 is 4.90 Å². The maximum atomic E-state index is 4.97. The van der Waals surface area contributed by atoms with Gasteiger partial charge in [0.15, 0.2) is 0 Å². The highest BCUT2D eigenvalue weighted by Crippen LogP contribution is 2.49. The van der Waals surface area contributed by atoms with Gasteiger partial charge in [-0.15, -0.1) is 0 Å². The van der Waals surface area contributed by atoms with E-state index >= 15 is 0 Å². The number of anilines is 1. The minimum absolute atomic E-state index is 0.271. The smallest absolute Gasteiger partial charge is 0.135 e. The normalized spacial score (nSPS) is 23.3. The third-order valence-corrected chi connectivity index (χ3v) is 6.63. The lowest BCUT2D eigenvalue weighted by molar-refractivity contribution is 0.447. The number of rotatable bonds is 5. The van der Waals surface area contributed by atoms with Crippen molar-refractivity contribution in [3.63, 3.8) is 0 Å². The lowest BCUT2D eigenvalue weighted by Gasteiger charge is -2.27. The SMILES string of the molecule is CCCN(CC1CC1)c1nc(C)nc2c1CC1(CCc3ccccc31)C2. The van der Waals surface area contributed by atoms with Crippen molar-refractivity contribution in [2.75, 3.05) is 18.0 Å². The first-order valence-electron chi connectivity index (χ1n) is 10.4. The zero-order valence-electron chi connectivity index (χ0n) is 16.1. The Kier molecular flexibility index (Phi) is 3.80. The molecule has 1 fully saturated rings. The summed E-state index contributed by atoms with van der Waals surface area (Å²) >= 11 is 0. The van der Waals surface area contributed by atoms with Crippen LogP contribution >= 0.6 is 0 Å². The summed E-state index contributed by atoms with van der Waals surface area (Å²) in [5, 5.41) is 0. The van der Waals surface area contributed by atoms with Crippen molar-refractivity contribution in [3.8, 4) is 0 Å². The molecule has 1 heterocycles. The predicted molar refractivity (Wildman–Crippen MR) is 106 cm³/mol. The first kappa shape index (κ1) is 16.3. The fraction of sp³-hybridized carbons (Fsp3) is 0.565. The van der Waals surface area contributed by atoms with Gasteiger partial charge in [0.1, 0.15) is 11.6 Å². The number of benzene rings is 1. The van der Waals surface area contributed by atoms with Gasteiger partial charge in [-0.1, -0.05) is 31.2 Å². The topological polar surface area (TPSA) is 29.0 Å². The number of nitrogens with zero attached hydrogens (tertiary/aromatic N) is 3. The minimum atomic E-state index is 0.271. The van der Waals surface area contributed by atoms with E-state index in [-0.39, 0.29) is 5.41 Å². The van der Waals surface area contributed by atoms with Crippen LogP contribution in [0.3, 0.4) is 0 Å². The van der Waals surface area contributed by atoms with Gasteiger partial charge in [0.05, 0.1) is 5.69 Å². The Morgan fingerprint density at radius 3 is 2.81 bits per heavy atom. The molecule has 1 aromatic carbocycles. The maximum Gasteiger partial charge on any atom is 0.135 e. The Morgan fingerprint density at radius 1 is 1.15 bits per heavy atom. The van der Waals surface area contributed by atoms with E-state index in [2.05, 4.69) is 43.0 Å². The Labute approximate surface area is 156 Å². The molecule has 3 nitrogen and oxygen atoms in total. The van der Waals surface area contributed by atoms with Crippen LogP contribution in [-0.4, -0.2) is 23.1 Å². The lowest BCUT2D eigenvalue weighted by Crippen LogP contribution is -2.29. The summed E-state index contributed by atoms with van der Waals surface area (Å²) in [7, 11) is 0. The molecule has 1 spiro atoms. The highest BCUT2D eigenvalue weighted by Gasteiger charge is 2.45. The van der Waals surface area contributed by atoms with Gasteiger partial charge in [-0.05, 0) is 62.5 Å². The predicted octanol–water partition coefficient (Wildman–Crippen LogP) is 4.39. The van der Waals surface area contributed by atoms with Crippen molar-refractivity contribution in [1.29, 1.82) is 0 Å². The summed E-state index contributed by atoms with van der Waals surface area (Å²) < 4.78 is 0. The highest BCUT2D eigenvalue weighted by molar-refractivity contribution is 5.56. The molecule has 136 valence electrons. The number of hydrogen-bond acceptors (Lipinski definition) is 3. The van der Waals surface area contributed by atoms with Gasteiger partial charge in [0.2, 0.25) is 0 Å². The van der Waals surface area contributed by atoms with Crippen LogP contribution in [0, 0.1) is 12.8 Å². The van der Waals surface area contributed by atoms with E-state index in [1.165, 1.54) is 55.7 Å². The van der Waals surface area contributed by atoms with Gasteiger partial charge >= 0.3 is 0 Å². The molecule has 0 saturated heterocycles. The molecule has 3 aliphatic carbocycles. The molecule has 1 unspecified atom stereocenters. The molecule has 0 aliphatic heterocycles. The summed E-state index contributed by atoms with van der Waals surface area (Å²) in [5.74, 6) is 3.08. The van der Waals surface area contributed by atoms with E-state index in [1.807, 2.05) is 0 Å².